The SMILES string of the molecule is C=C1/C=C(C)\C=C/CN(CCC)CC1. The summed E-state index contributed by atoms with van der Waals surface area (Å²) >= 11 is 0. The molecule has 0 aromatic heterocycles. The molecule has 0 aromatic rings. The van der Waals surface area contributed by atoms with Gasteiger partial charge in [-0.05, 0) is 26.3 Å². The lowest BCUT2D eigenvalue weighted by Crippen LogP contribution is -2.25. The van der Waals surface area contributed by atoms with Gasteiger partial charge in [-0.25, -0.2) is 0 Å². The number of hydrogen-bond donors (Lipinski definition) is 0. The van der Waals surface area contributed by atoms with Crippen LogP contribution in [0.3, 0.4) is 0 Å². The average Bonchev–Trinajstić information content (AvgIpc) is 2.19. The van der Waals surface area contributed by atoms with Crippen LogP contribution in [0.5, 0.6) is 0 Å². The van der Waals surface area contributed by atoms with Crippen LogP contribution in [0.4, 0.5) is 0 Å². The lowest BCUT2D eigenvalue weighted by Gasteiger charge is -2.19. The van der Waals surface area contributed by atoms with Crippen molar-refractivity contribution in [2.24, 2.45) is 0 Å². The number of nitrogens with zero attached hydrogens (tertiary/aromatic N) is 1. The molecule has 0 atom stereocenters. The van der Waals surface area contributed by atoms with Crippen LogP contribution in [0.15, 0.2) is 36.0 Å². The quantitative estimate of drug-likeness (QED) is 0.648. The van der Waals surface area contributed by atoms with E-state index < -0.39 is 0 Å². The van der Waals surface area contributed by atoms with Crippen molar-refractivity contribution in [3.05, 3.63) is 36.0 Å². The van der Waals surface area contributed by atoms with Gasteiger partial charge in [0.1, 0.15) is 0 Å². The molecule has 0 aromatic carbocycles. The third-order valence-electron chi connectivity index (χ3n) is 2.47. The van der Waals surface area contributed by atoms with E-state index in [1.807, 2.05) is 0 Å². The topological polar surface area (TPSA) is 3.24 Å². The minimum Gasteiger partial charge on any atom is -0.299 e. The Morgan fingerprint density at radius 2 is 2.29 bits per heavy atom. The molecule has 0 fully saturated rings. The third-order valence-corrected chi connectivity index (χ3v) is 2.47. The zero-order valence-electron chi connectivity index (χ0n) is 9.42. The van der Waals surface area contributed by atoms with E-state index in [1.165, 1.54) is 24.1 Å². The summed E-state index contributed by atoms with van der Waals surface area (Å²) in [4.78, 5) is 2.48. The van der Waals surface area contributed by atoms with E-state index in [1.54, 1.807) is 0 Å². The fourth-order valence-corrected chi connectivity index (χ4v) is 1.74. The van der Waals surface area contributed by atoms with Gasteiger partial charge in [0, 0.05) is 13.1 Å². The van der Waals surface area contributed by atoms with Gasteiger partial charge in [-0.3, -0.25) is 4.90 Å². The highest BCUT2D eigenvalue weighted by Crippen LogP contribution is 2.10. The molecule has 14 heavy (non-hydrogen) atoms. The summed E-state index contributed by atoms with van der Waals surface area (Å²) in [5.74, 6) is 0. The van der Waals surface area contributed by atoms with Crippen LogP contribution in [-0.2, 0) is 0 Å². The second-order valence-electron chi connectivity index (χ2n) is 4.00. The predicted octanol–water partition coefficient (Wildman–Crippen LogP) is 3.16. The summed E-state index contributed by atoms with van der Waals surface area (Å²) in [6.07, 6.45) is 8.96. The van der Waals surface area contributed by atoms with Crippen LogP contribution in [0.1, 0.15) is 26.7 Å². The number of allylic oxidation sites excluding steroid dienone is 3. The monoisotopic (exact) mass is 191 g/mol. The van der Waals surface area contributed by atoms with Crippen molar-refractivity contribution < 1.29 is 0 Å². The van der Waals surface area contributed by atoms with Crippen molar-refractivity contribution in [3.8, 4) is 0 Å². The Morgan fingerprint density at radius 3 is 3.00 bits per heavy atom. The standard InChI is InChI=1S/C13H21N/c1-4-8-14-9-5-6-12(2)11-13(3)7-10-14/h5-6,11H,3-4,7-10H2,1-2H3/b6-5-,12-11-. The maximum absolute atomic E-state index is 4.07. The Labute approximate surface area is 87.8 Å². The molecule has 0 saturated carbocycles. The van der Waals surface area contributed by atoms with E-state index in [9.17, 15) is 0 Å². The lowest BCUT2D eigenvalue weighted by molar-refractivity contribution is 0.308. The zero-order chi connectivity index (χ0) is 10.4. The summed E-state index contributed by atoms with van der Waals surface area (Å²) < 4.78 is 0. The Hall–Kier alpha value is -0.820. The molecule has 0 saturated heterocycles. The molecule has 0 amide bonds. The van der Waals surface area contributed by atoms with Gasteiger partial charge in [-0.2, -0.15) is 0 Å². The van der Waals surface area contributed by atoms with Crippen molar-refractivity contribution in [2.45, 2.75) is 26.7 Å². The molecule has 1 rings (SSSR count). The largest absolute Gasteiger partial charge is 0.299 e. The Kier molecular flexibility index (Phi) is 4.68. The van der Waals surface area contributed by atoms with E-state index in [0.717, 1.165) is 19.5 Å². The first-order valence-corrected chi connectivity index (χ1v) is 5.47. The van der Waals surface area contributed by atoms with E-state index in [0.29, 0.717) is 0 Å². The summed E-state index contributed by atoms with van der Waals surface area (Å²) in [6, 6.07) is 0. The maximum atomic E-state index is 4.07. The minimum absolute atomic E-state index is 1.08. The zero-order valence-corrected chi connectivity index (χ0v) is 9.42. The molecule has 0 bridgehead atoms. The van der Waals surface area contributed by atoms with Crippen LogP contribution < -0.4 is 0 Å². The fourth-order valence-electron chi connectivity index (χ4n) is 1.74. The van der Waals surface area contributed by atoms with Crippen LogP contribution in [0.25, 0.3) is 0 Å². The van der Waals surface area contributed by atoms with Gasteiger partial charge < -0.3 is 0 Å². The molecule has 0 aliphatic carbocycles. The van der Waals surface area contributed by atoms with E-state index in [-0.39, 0.29) is 0 Å². The summed E-state index contributed by atoms with van der Waals surface area (Å²) in [7, 11) is 0. The molecule has 1 aliphatic rings. The van der Waals surface area contributed by atoms with E-state index in [4.69, 9.17) is 0 Å². The van der Waals surface area contributed by atoms with E-state index >= 15 is 0 Å². The highest BCUT2D eigenvalue weighted by Gasteiger charge is 2.03. The fraction of sp³-hybridized carbons (Fsp3) is 0.538. The molecule has 1 nitrogen and oxygen atoms in total. The van der Waals surface area contributed by atoms with Crippen molar-refractivity contribution in [1.82, 2.24) is 4.90 Å². The molecule has 1 aliphatic heterocycles. The molecule has 0 radical (unpaired) electrons. The molecule has 0 unspecified atom stereocenters. The first-order valence-electron chi connectivity index (χ1n) is 5.47. The molecule has 1 heteroatoms. The Balaban J connectivity index is 2.59. The Morgan fingerprint density at radius 1 is 1.50 bits per heavy atom. The van der Waals surface area contributed by atoms with Crippen LogP contribution >= 0.6 is 0 Å². The first-order chi connectivity index (χ1) is 6.72. The molecular formula is C13H21N. The smallest absolute Gasteiger partial charge is 0.0166 e. The number of hydrogen-bond acceptors (Lipinski definition) is 1. The molecule has 0 N–H and O–H groups in total. The summed E-state index contributed by atoms with van der Waals surface area (Å²) in [6.45, 7) is 11.8. The molecular weight excluding hydrogens is 170 g/mol. The van der Waals surface area contributed by atoms with Crippen LogP contribution in [0.2, 0.25) is 0 Å². The highest BCUT2D eigenvalue weighted by molar-refractivity contribution is 5.27. The van der Waals surface area contributed by atoms with Gasteiger partial charge in [0.05, 0.1) is 0 Å². The molecule has 1 heterocycles. The van der Waals surface area contributed by atoms with Crippen LogP contribution in [0, 0.1) is 0 Å². The number of rotatable bonds is 2. The van der Waals surface area contributed by atoms with Crippen molar-refractivity contribution in [3.63, 3.8) is 0 Å². The minimum atomic E-state index is 1.08. The van der Waals surface area contributed by atoms with Gasteiger partial charge in [0.15, 0.2) is 0 Å². The second-order valence-corrected chi connectivity index (χ2v) is 4.00. The Bertz CT molecular complexity index is 248. The maximum Gasteiger partial charge on any atom is 0.0166 e. The predicted molar refractivity (Wildman–Crippen MR) is 63.4 cm³/mol. The van der Waals surface area contributed by atoms with Crippen molar-refractivity contribution in [1.29, 1.82) is 0 Å². The second kappa shape index (κ2) is 5.82. The van der Waals surface area contributed by atoms with Crippen molar-refractivity contribution >= 4 is 0 Å². The summed E-state index contributed by atoms with van der Waals surface area (Å²) in [5, 5.41) is 0. The van der Waals surface area contributed by atoms with Crippen molar-refractivity contribution in [2.75, 3.05) is 19.6 Å². The normalized spacial score (nSPS) is 25.9. The third kappa shape index (κ3) is 3.93. The van der Waals surface area contributed by atoms with Gasteiger partial charge in [0.25, 0.3) is 0 Å². The molecule has 0 spiro atoms. The van der Waals surface area contributed by atoms with Gasteiger partial charge >= 0.3 is 0 Å². The van der Waals surface area contributed by atoms with Gasteiger partial charge in [0.2, 0.25) is 0 Å². The highest BCUT2D eigenvalue weighted by atomic mass is 15.1. The lowest BCUT2D eigenvalue weighted by atomic mass is 10.1. The van der Waals surface area contributed by atoms with Gasteiger partial charge in [-0.1, -0.05) is 42.9 Å². The average molecular weight is 191 g/mol. The van der Waals surface area contributed by atoms with E-state index in [2.05, 4.69) is 43.6 Å². The first kappa shape index (κ1) is 11.3. The van der Waals surface area contributed by atoms with Gasteiger partial charge in [-0.15, -0.1) is 0 Å². The van der Waals surface area contributed by atoms with Crippen LogP contribution in [-0.4, -0.2) is 24.5 Å². The molecule has 78 valence electrons. The summed E-state index contributed by atoms with van der Waals surface area (Å²) in [5.41, 5.74) is 2.56.